The zero-order valence-electron chi connectivity index (χ0n) is 15.6. The quantitative estimate of drug-likeness (QED) is 0.404. The van der Waals surface area contributed by atoms with Crippen LogP contribution < -0.4 is 10.1 Å². The fourth-order valence-corrected chi connectivity index (χ4v) is 3.90. The first kappa shape index (κ1) is 22.1. The summed E-state index contributed by atoms with van der Waals surface area (Å²) in [6.45, 7) is 3.53. The molecule has 1 heterocycles. The second kappa shape index (κ2) is 9.97. The molecule has 0 saturated carbocycles. The summed E-state index contributed by atoms with van der Waals surface area (Å²) in [6.07, 6.45) is 3.18. The van der Waals surface area contributed by atoms with Gasteiger partial charge < -0.3 is 10.1 Å². The zero-order chi connectivity index (χ0) is 21.7. The normalized spacial score (nSPS) is 14.9. The van der Waals surface area contributed by atoms with Gasteiger partial charge in [0.05, 0.1) is 4.91 Å². The Morgan fingerprint density at radius 2 is 1.97 bits per heavy atom. The van der Waals surface area contributed by atoms with E-state index in [0.29, 0.717) is 28.6 Å². The van der Waals surface area contributed by atoms with Gasteiger partial charge in [-0.05, 0) is 60.3 Å². The van der Waals surface area contributed by atoms with Crippen LogP contribution in [-0.4, -0.2) is 35.1 Å². The van der Waals surface area contributed by atoms with Crippen LogP contribution in [0.25, 0.3) is 6.08 Å². The highest BCUT2D eigenvalue weighted by Crippen LogP contribution is 2.34. The van der Waals surface area contributed by atoms with Gasteiger partial charge >= 0.3 is 0 Å². The number of amides is 3. The molecule has 1 N–H and O–H groups in total. The van der Waals surface area contributed by atoms with Gasteiger partial charge in [-0.15, -0.1) is 0 Å². The third-order valence-electron chi connectivity index (χ3n) is 3.92. The number of thioether (sulfide) groups is 1. The maximum atomic E-state index is 12.7. The molecular weight excluding hydrogens is 492 g/mol. The van der Waals surface area contributed by atoms with E-state index < -0.39 is 17.1 Å². The fourth-order valence-electron chi connectivity index (χ4n) is 2.57. The molecule has 0 atom stereocenters. The van der Waals surface area contributed by atoms with Gasteiger partial charge in [-0.1, -0.05) is 40.2 Å². The first-order chi connectivity index (χ1) is 14.4. The maximum Gasteiger partial charge on any atom is 0.294 e. The number of nitrogens with zero attached hydrogens (tertiary/aromatic N) is 1. The van der Waals surface area contributed by atoms with Crippen molar-refractivity contribution in [2.24, 2.45) is 0 Å². The monoisotopic (exact) mass is 506 g/mol. The van der Waals surface area contributed by atoms with Crippen molar-refractivity contribution in [3.8, 4) is 5.75 Å². The molecule has 0 aliphatic carbocycles. The van der Waals surface area contributed by atoms with Crippen LogP contribution in [-0.2, 0) is 9.59 Å². The van der Waals surface area contributed by atoms with Crippen LogP contribution in [0.1, 0.15) is 5.56 Å². The highest BCUT2D eigenvalue weighted by Gasteiger charge is 2.36. The minimum atomic E-state index is -0.536. The van der Waals surface area contributed by atoms with E-state index in [1.54, 1.807) is 48.6 Å². The van der Waals surface area contributed by atoms with Gasteiger partial charge in [0.25, 0.3) is 11.1 Å². The van der Waals surface area contributed by atoms with Gasteiger partial charge in [-0.2, -0.15) is 0 Å². The highest BCUT2D eigenvalue weighted by molar-refractivity contribution is 9.10. The van der Waals surface area contributed by atoms with E-state index in [2.05, 4.69) is 27.8 Å². The zero-order valence-corrected chi connectivity index (χ0v) is 18.7. The number of carbonyl (C=O) groups is 3. The number of hydrogen-bond acceptors (Lipinski definition) is 5. The van der Waals surface area contributed by atoms with Gasteiger partial charge in [0, 0.05) is 20.7 Å². The second-order valence-electron chi connectivity index (χ2n) is 6.10. The van der Waals surface area contributed by atoms with E-state index in [1.807, 2.05) is 6.07 Å². The average molecular weight is 508 g/mol. The molecule has 0 spiro atoms. The Morgan fingerprint density at radius 3 is 2.67 bits per heavy atom. The van der Waals surface area contributed by atoms with Crippen molar-refractivity contribution >= 4 is 68.1 Å². The summed E-state index contributed by atoms with van der Waals surface area (Å²) in [5, 5.41) is 2.66. The van der Waals surface area contributed by atoms with Gasteiger partial charge in [-0.3, -0.25) is 19.3 Å². The van der Waals surface area contributed by atoms with Gasteiger partial charge in [-0.25, -0.2) is 0 Å². The molecule has 0 bridgehead atoms. The third kappa shape index (κ3) is 5.53. The van der Waals surface area contributed by atoms with Crippen LogP contribution in [0.3, 0.4) is 0 Å². The molecule has 9 heteroatoms. The number of carbonyl (C=O) groups excluding carboxylic acids is 3. The van der Waals surface area contributed by atoms with Crippen molar-refractivity contribution in [3.05, 3.63) is 75.1 Å². The maximum absolute atomic E-state index is 12.7. The number of nitrogens with one attached hydrogen (secondary N) is 1. The SMILES string of the molecule is C=CCOc1ccc(Br)cc1/C=C1/SC(=O)N(CC(=O)Nc2ccc(Cl)cc2)C1=O. The lowest BCUT2D eigenvalue weighted by Gasteiger charge is -2.12. The Morgan fingerprint density at radius 1 is 1.23 bits per heavy atom. The largest absolute Gasteiger partial charge is 0.489 e. The molecule has 1 fully saturated rings. The van der Waals surface area contributed by atoms with Crippen molar-refractivity contribution in [2.45, 2.75) is 0 Å². The Kier molecular flexibility index (Phi) is 7.36. The molecule has 0 aromatic heterocycles. The number of ether oxygens (including phenoxy) is 1. The minimum Gasteiger partial charge on any atom is -0.489 e. The van der Waals surface area contributed by atoms with Crippen LogP contribution >= 0.6 is 39.3 Å². The summed E-state index contributed by atoms with van der Waals surface area (Å²) in [7, 11) is 0. The van der Waals surface area contributed by atoms with Crippen molar-refractivity contribution in [1.82, 2.24) is 4.90 Å². The first-order valence-electron chi connectivity index (χ1n) is 8.71. The molecule has 6 nitrogen and oxygen atoms in total. The topological polar surface area (TPSA) is 75.7 Å². The van der Waals surface area contributed by atoms with Crippen molar-refractivity contribution in [3.63, 3.8) is 0 Å². The Balaban J connectivity index is 1.74. The summed E-state index contributed by atoms with van der Waals surface area (Å²) in [5.74, 6) is -0.477. The van der Waals surface area contributed by atoms with E-state index in [4.69, 9.17) is 16.3 Å². The molecule has 2 aromatic rings. The summed E-state index contributed by atoms with van der Waals surface area (Å²) < 4.78 is 6.40. The first-order valence-corrected chi connectivity index (χ1v) is 10.7. The number of halogens is 2. The lowest BCUT2D eigenvalue weighted by Crippen LogP contribution is -2.36. The van der Waals surface area contributed by atoms with Crippen LogP contribution in [0.5, 0.6) is 5.75 Å². The number of benzene rings is 2. The van der Waals surface area contributed by atoms with Gasteiger partial charge in [0.1, 0.15) is 18.9 Å². The van der Waals surface area contributed by atoms with E-state index >= 15 is 0 Å². The molecule has 0 unspecified atom stereocenters. The van der Waals surface area contributed by atoms with Crippen molar-refractivity contribution in [2.75, 3.05) is 18.5 Å². The third-order valence-corrected chi connectivity index (χ3v) is 5.57. The number of rotatable bonds is 7. The second-order valence-corrected chi connectivity index (χ2v) is 8.45. The average Bonchev–Trinajstić information content (AvgIpc) is 2.96. The van der Waals surface area contributed by atoms with E-state index in [-0.39, 0.29) is 11.4 Å². The minimum absolute atomic E-state index is 0.209. The Labute approximate surface area is 191 Å². The predicted octanol–water partition coefficient (Wildman–Crippen LogP) is 5.34. The molecule has 3 rings (SSSR count). The highest BCUT2D eigenvalue weighted by atomic mass is 79.9. The molecule has 3 amide bonds. The smallest absolute Gasteiger partial charge is 0.294 e. The number of anilines is 1. The molecule has 1 aliphatic heterocycles. The van der Waals surface area contributed by atoms with E-state index in [1.165, 1.54) is 0 Å². The van der Waals surface area contributed by atoms with Crippen molar-refractivity contribution < 1.29 is 19.1 Å². The molecule has 1 saturated heterocycles. The molecule has 2 aromatic carbocycles. The van der Waals surface area contributed by atoms with Crippen LogP contribution in [0.4, 0.5) is 10.5 Å². The van der Waals surface area contributed by atoms with Gasteiger partial charge in [0.2, 0.25) is 5.91 Å². The van der Waals surface area contributed by atoms with E-state index in [0.717, 1.165) is 21.1 Å². The van der Waals surface area contributed by atoms with Crippen LogP contribution in [0.15, 0.2) is 64.5 Å². The van der Waals surface area contributed by atoms with Crippen LogP contribution in [0.2, 0.25) is 5.02 Å². The number of hydrogen-bond donors (Lipinski definition) is 1. The summed E-state index contributed by atoms with van der Waals surface area (Å²) >= 11 is 9.98. The van der Waals surface area contributed by atoms with Crippen LogP contribution in [0, 0.1) is 0 Å². The van der Waals surface area contributed by atoms with E-state index in [9.17, 15) is 14.4 Å². The fraction of sp³-hybridized carbons (Fsp3) is 0.0952. The summed E-state index contributed by atoms with van der Waals surface area (Å²) in [5.41, 5.74) is 1.15. The molecule has 30 heavy (non-hydrogen) atoms. The predicted molar refractivity (Wildman–Crippen MR) is 123 cm³/mol. The summed E-state index contributed by atoms with van der Waals surface area (Å²) in [6, 6.07) is 11.9. The Hall–Kier alpha value is -2.55. The molecule has 1 aliphatic rings. The standard InChI is InChI=1S/C21H16BrClN2O4S/c1-2-9-29-17-8-3-14(22)10-13(17)11-18-20(27)25(21(28)30-18)12-19(26)24-16-6-4-15(23)5-7-16/h2-8,10-11H,1,9,12H2,(H,24,26)/b18-11+. The Bertz CT molecular complexity index is 1040. The molecule has 0 radical (unpaired) electrons. The van der Waals surface area contributed by atoms with Crippen molar-refractivity contribution in [1.29, 1.82) is 0 Å². The molecular formula is C21H16BrClN2O4S. The lowest BCUT2D eigenvalue weighted by atomic mass is 10.2. The lowest BCUT2D eigenvalue weighted by molar-refractivity contribution is -0.127. The van der Waals surface area contributed by atoms with Gasteiger partial charge in [0.15, 0.2) is 0 Å². The molecule has 154 valence electrons. The number of imide groups is 1. The summed E-state index contributed by atoms with van der Waals surface area (Å²) in [4.78, 5) is 38.4.